The summed E-state index contributed by atoms with van der Waals surface area (Å²) < 4.78 is 18.4. The summed E-state index contributed by atoms with van der Waals surface area (Å²) in [6, 6.07) is 9.64. The largest absolute Gasteiger partial charge is 0.494 e. The van der Waals surface area contributed by atoms with Gasteiger partial charge in [0.2, 0.25) is 0 Å². The second-order valence-electron chi connectivity index (χ2n) is 4.53. The van der Waals surface area contributed by atoms with Gasteiger partial charge in [-0.25, -0.2) is 4.39 Å². The van der Waals surface area contributed by atoms with Crippen LogP contribution >= 0.6 is 11.6 Å². The average Bonchev–Trinajstić information content (AvgIpc) is 2.38. The van der Waals surface area contributed by atoms with Crippen molar-refractivity contribution in [1.82, 2.24) is 0 Å². The van der Waals surface area contributed by atoms with E-state index in [1.54, 1.807) is 24.3 Å². The first-order valence-corrected chi connectivity index (χ1v) is 6.51. The van der Waals surface area contributed by atoms with E-state index in [0.717, 1.165) is 5.56 Å². The lowest BCUT2D eigenvalue weighted by Gasteiger charge is -2.07. The zero-order chi connectivity index (χ0) is 14.7. The van der Waals surface area contributed by atoms with E-state index < -0.39 is 5.82 Å². The van der Waals surface area contributed by atoms with Gasteiger partial charge >= 0.3 is 0 Å². The van der Waals surface area contributed by atoms with Gasteiger partial charge < -0.3 is 4.74 Å². The van der Waals surface area contributed by atoms with Gasteiger partial charge in [0, 0.05) is 17.0 Å². The molecule has 0 saturated carbocycles. The van der Waals surface area contributed by atoms with Gasteiger partial charge in [-0.1, -0.05) is 17.7 Å². The number of methoxy groups -OCH3 is 1. The molecule has 2 rings (SSSR count). The average molecular weight is 293 g/mol. The van der Waals surface area contributed by atoms with Crippen LogP contribution in [0.4, 0.5) is 4.39 Å². The molecule has 0 amide bonds. The Balaban J connectivity index is 2.21. The van der Waals surface area contributed by atoms with E-state index in [-0.39, 0.29) is 18.0 Å². The minimum atomic E-state index is -0.467. The minimum absolute atomic E-state index is 0.0660. The zero-order valence-electron chi connectivity index (χ0n) is 11.2. The van der Waals surface area contributed by atoms with Gasteiger partial charge in [0.15, 0.2) is 17.3 Å². The SMILES string of the molecule is COc1ccc(CC(=O)c2ccc(Cl)cc2C)cc1F. The van der Waals surface area contributed by atoms with Gasteiger partial charge in [-0.2, -0.15) is 0 Å². The molecule has 0 atom stereocenters. The van der Waals surface area contributed by atoms with E-state index in [9.17, 15) is 9.18 Å². The van der Waals surface area contributed by atoms with Crippen LogP contribution in [0.5, 0.6) is 5.75 Å². The molecular weight excluding hydrogens is 279 g/mol. The summed E-state index contributed by atoms with van der Waals surface area (Å²) in [7, 11) is 1.40. The summed E-state index contributed by atoms with van der Waals surface area (Å²) in [5, 5.41) is 0.592. The summed E-state index contributed by atoms with van der Waals surface area (Å²) in [6.07, 6.45) is 0.142. The maximum Gasteiger partial charge on any atom is 0.167 e. The maximum atomic E-state index is 13.6. The van der Waals surface area contributed by atoms with E-state index in [1.807, 2.05) is 6.92 Å². The minimum Gasteiger partial charge on any atom is -0.494 e. The van der Waals surface area contributed by atoms with Crippen molar-refractivity contribution in [3.05, 3.63) is 63.9 Å². The molecule has 0 fully saturated rings. The molecule has 0 aliphatic rings. The lowest BCUT2D eigenvalue weighted by atomic mass is 9.99. The van der Waals surface area contributed by atoms with E-state index in [4.69, 9.17) is 16.3 Å². The van der Waals surface area contributed by atoms with Crippen molar-refractivity contribution < 1.29 is 13.9 Å². The van der Waals surface area contributed by atoms with Crippen molar-refractivity contribution in [3.8, 4) is 5.75 Å². The van der Waals surface area contributed by atoms with E-state index >= 15 is 0 Å². The Labute approximate surface area is 122 Å². The predicted octanol–water partition coefficient (Wildman–Crippen LogP) is 4.22. The van der Waals surface area contributed by atoms with Gasteiger partial charge in [-0.05, 0) is 48.4 Å². The molecule has 0 saturated heterocycles. The summed E-state index contributed by atoms with van der Waals surface area (Å²) in [4.78, 5) is 12.2. The molecule has 0 N–H and O–H groups in total. The normalized spacial score (nSPS) is 10.4. The Kier molecular flexibility index (Phi) is 4.40. The number of rotatable bonds is 4. The van der Waals surface area contributed by atoms with Crippen LogP contribution in [-0.4, -0.2) is 12.9 Å². The van der Waals surface area contributed by atoms with Gasteiger partial charge in [0.05, 0.1) is 7.11 Å². The highest BCUT2D eigenvalue weighted by molar-refractivity contribution is 6.30. The summed E-state index contributed by atoms with van der Waals surface area (Å²) in [5.41, 5.74) is 2.03. The van der Waals surface area contributed by atoms with Gasteiger partial charge in [0.1, 0.15) is 0 Å². The Morgan fingerprint density at radius 1 is 1.25 bits per heavy atom. The van der Waals surface area contributed by atoms with Gasteiger partial charge in [-0.15, -0.1) is 0 Å². The Morgan fingerprint density at radius 2 is 2.00 bits per heavy atom. The van der Waals surface area contributed by atoms with E-state index in [1.165, 1.54) is 19.2 Å². The van der Waals surface area contributed by atoms with Crippen LogP contribution in [0.3, 0.4) is 0 Å². The summed E-state index contributed by atoms with van der Waals surface area (Å²) in [5.74, 6) is -0.363. The molecule has 2 aromatic rings. The number of carbonyl (C=O) groups is 1. The van der Waals surface area contributed by atoms with E-state index in [2.05, 4.69) is 0 Å². The third-order valence-corrected chi connectivity index (χ3v) is 3.30. The lowest BCUT2D eigenvalue weighted by molar-refractivity contribution is 0.0992. The first kappa shape index (κ1) is 14.5. The monoisotopic (exact) mass is 292 g/mol. The number of carbonyl (C=O) groups excluding carboxylic acids is 1. The van der Waals surface area contributed by atoms with Crippen LogP contribution in [0, 0.1) is 12.7 Å². The fourth-order valence-electron chi connectivity index (χ4n) is 2.04. The van der Waals surface area contributed by atoms with Crippen molar-refractivity contribution in [1.29, 1.82) is 0 Å². The molecule has 0 aliphatic carbocycles. The highest BCUT2D eigenvalue weighted by Crippen LogP contribution is 2.20. The Bertz CT molecular complexity index is 653. The molecule has 0 spiro atoms. The van der Waals surface area contributed by atoms with Crippen LogP contribution in [0.25, 0.3) is 0 Å². The maximum absolute atomic E-state index is 13.6. The molecule has 104 valence electrons. The molecule has 4 heteroatoms. The van der Waals surface area contributed by atoms with Crippen LogP contribution in [0.2, 0.25) is 5.02 Å². The second-order valence-corrected chi connectivity index (χ2v) is 4.96. The first-order chi connectivity index (χ1) is 9.51. The smallest absolute Gasteiger partial charge is 0.167 e. The van der Waals surface area contributed by atoms with Crippen LogP contribution in [0.1, 0.15) is 21.5 Å². The molecule has 20 heavy (non-hydrogen) atoms. The lowest BCUT2D eigenvalue weighted by Crippen LogP contribution is -2.06. The number of hydrogen-bond acceptors (Lipinski definition) is 2. The predicted molar refractivity (Wildman–Crippen MR) is 77.2 cm³/mol. The number of ether oxygens (including phenoxy) is 1. The quantitative estimate of drug-likeness (QED) is 0.789. The number of ketones is 1. The molecule has 0 bridgehead atoms. The standard InChI is InChI=1S/C16H14ClFO2/c1-10-7-12(17)4-5-13(10)15(19)9-11-3-6-16(20-2)14(18)8-11/h3-8H,9H2,1-2H3. The van der Waals surface area contributed by atoms with Crippen molar-refractivity contribution in [2.75, 3.05) is 7.11 Å². The van der Waals surface area contributed by atoms with Crippen LogP contribution < -0.4 is 4.74 Å². The number of benzene rings is 2. The fraction of sp³-hybridized carbons (Fsp3) is 0.188. The summed E-state index contributed by atoms with van der Waals surface area (Å²) >= 11 is 5.86. The van der Waals surface area contributed by atoms with Crippen molar-refractivity contribution >= 4 is 17.4 Å². The number of hydrogen-bond donors (Lipinski definition) is 0. The zero-order valence-corrected chi connectivity index (χ0v) is 12.0. The highest BCUT2D eigenvalue weighted by atomic mass is 35.5. The summed E-state index contributed by atoms with van der Waals surface area (Å²) in [6.45, 7) is 1.83. The molecule has 2 aromatic carbocycles. The van der Waals surface area contributed by atoms with Gasteiger partial charge in [0.25, 0.3) is 0 Å². The fourth-order valence-corrected chi connectivity index (χ4v) is 2.27. The number of Topliss-reactive ketones (excluding diaryl/α,β-unsaturated/α-hetero) is 1. The first-order valence-electron chi connectivity index (χ1n) is 6.13. The number of halogens is 2. The molecule has 0 aliphatic heterocycles. The molecule has 0 aromatic heterocycles. The second kappa shape index (κ2) is 6.06. The highest BCUT2D eigenvalue weighted by Gasteiger charge is 2.12. The van der Waals surface area contributed by atoms with Crippen LogP contribution in [0.15, 0.2) is 36.4 Å². The van der Waals surface area contributed by atoms with Crippen LogP contribution in [-0.2, 0) is 6.42 Å². The molecule has 0 heterocycles. The molecule has 2 nitrogen and oxygen atoms in total. The van der Waals surface area contributed by atoms with E-state index in [0.29, 0.717) is 16.1 Å². The molecule has 0 radical (unpaired) electrons. The van der Waals surface area contributed by atoms with Crippen molar-refractivity contribution in [2.45, 2.75) is 13.3 Å². The molecular formula is C16H14ClFO2. The number of aryl methyl sites for hydroxylation is 1. The van der Waals surface area contributed by atoms with Crippen molar-refractivity contribution in [3.63, 3.8) is 0 Å². The third kappa shape index (κ3) is 3.17. The van der Waals surface area contributed by atoms with Gasteiger partial charge in [-0.3, -0.25) is 4.79 Å². The van der Waals surface area contributed by atoms with Crippen molar-refractivity contribution in [2.24, 2.45) is 0 Å². The molecule has 0 unspecified atom stereocenters. The Hall–Kier alpha value is -1.87. The third-order valence-electron chi connectivity index (χ3n) is 3.07. The topological polar surface area (TPSA) is 26.3 Å². The Morgan fingerprint density at radius 3 is 2.60 bits per heavy atom.